The van der Waals surface area contributed by atoms with Crippen LogP contribution >= 0.6 is 15.9 Å². The monoisotopic (exact) mass is 205 g/mol. The zero-order valence-corrected chi connectivity index (χ0v) is 6.85. The minimum atomic E-state index is -0.592. The third-order valence-electron chi connectivity index (χ3n) is 0.993. The first-order valence-electron chi connectivity index (χ1n) is 2.59. The third kappa shape index (κ3) is 1.44. The summed E-state index contributed by atoms with van der Waals surface area (Å²) in [6, 6.07) is 1.52. The maximum Gasteiger partial charge on any atom is 0.255 e. The van der Waals surface area contributed by atoms with Gasteiger partial charge in [-0.1, -0.05) is 0 Å². The summed E-state index contributed by atoms with van der Waals surface area (Å²) in [5.41, 5.74) is 0. The van der Waals surface area contributed by atoms with Gasteiger partial charge in [0.05, 0.1) is 7.11 Å². The first kappa shape index (κ1) is 7.47. The van der Waals surface area contributed by atoms with E-state index in [1.807, 2.05) is 0 Å². The average Bonchev–Trinajstić information content (AvgIpc) is 1.94. The molecule has 1 aromatic rings. The lowest BCUT2D eigenvalue weighted by molar-refractivity contribution is 0.377. The number of methoxy groups -OCH3 is 1. The minimum absolute atomic E-state index is 0.148. The fraction of sp³-hybridized carbons (Fsp3) is 0.167. The Bertz CT molecular complexity index is 241. The van der Waals surface area contributed by atoms with E-state index >= 15 is 0 Å². The lowest BCUT2D eigenvalue weighted by Gasteiger charge is -1.98. The zero-order valence-electron chi connectivity index (χ0n) is 5.27. The highest BCUT2D eigenvalue weighted by Gasteiger charge is 2.01. The fourth-order valence-electron chi connectivity index (χ4n) is 0.547. The van der Waals surface area contributed by atoms with Crippen molar-refractivity contribution in [2.45, 2.75) is 0 Å². The number of hydrogen-bond donors (Lipinski definition) is 0. The number of aromatic nitrogens is 1. The molecule has 0 radical (unpaired) electrons. The Morgan fingerprint density at radius 3 is 2.90 bits per heavy atom. The Hall–Kier alpha value is -0.640. The smallest absolute Gasteiger partial charge is 0.255 e. The van der Waals surface area contributed by atoms with Gasteiger partial charge < -0.3 is 4.74 Å². The predicted octanol–water partition coefficient (Wildman–Crippen LogP) is 1.99. The van der Waals surface area contributed by atoms with Gasteiger partial charge in [0.15, 0.2) is 5.75 Å². The lowest BCUT2D eigenvalue weighted by atomic mass is 10.4. The van der Waals surface area contributed by atoms with E-state index in [1.165, 1.54) is 19.4 Å². The molecule has 1 rings (SSSR count). The molecule has 0 saturated carbocycles. The molecule has 1 aromatic heterocycles. The van der Waals surface area contributed by atoms with Gasteiger partial charge in [-0.05, 0) is 15.9 Å². The Labute approximate surface area is 66.2 Å². The van der Waals surface area contributed by atoms with E-state index in [4.69, 9.17) is 0 Å². The second-order valence-electron chi connectivity index (χ2n) is 1.65. The molecule has 54 valence electrons. The highest BCUT2D eigenvalue weighted by Crippen LogP contribution is 2.18. The summed E-state index contributed by atoms with van der Waals surface area (Å²) >= 11 is 3.13. The molecule has 0 aliphatic rings. The van der Waals surface area contributed by atoms with Gasteiger partial charge in [0.2, 0.25) is 0 Å². The van der Waals surface area contributed by atoms with E-state index in [0.717, 1.165) is 0 Å². The number of nitrogens with zero attached hydrogens (tertiary/aromatic N) is 1. The molecule has 0 N–H and O–H groups in total. The van der Waals surface area contributed by atoms with Crippen LogP contribution in [0.15, 0.2) is 16.7 Å². The largest absolute Gasteiger partial charge is 0.492 e. The molecule has 0 spiro atoms. The molecule has 4 heteroatoms. The molecule has 2 nitrogen and oxygen atoms in total. The van der Waals surface area contributed by atoms with Crippen molar-refractivity contribution in [1.29, 1.82) is 0 Å². The number of halogens is 2. The van der Waals surface area contributed by atoms with Crippen LogP contribution in [0.5, 0.6) is 5.75 Å². The van der Waals surface area contributed by atoms with Crippen LogP contribution in [-0.2, 0) is 0 Å². The van der Waals surface area contributed by atoms with Crippen LogP contribution in [-0.4, -0.2) is 12.1 Å². The Morgan fingerprint density at radius 2 is 2.40 bits per heavy atom. The molecule has 0 amide bonds. The molecular formula is C6H5BrFNO. The summed E-state index contributed by atoms with van der Waals surface area (Å²) in [4.78, 5) is 3.41. The van der Waals surface area contributed by atoms with Crippen molar-refractivity contribution in [1.82, 2.24) is 4.98 Å². The van der Waals surface area contributed by atoms with Crippen molar-refractivity contribution in [3.63, 3.8) is 0 Å². The first-order valence-corrected chi connectivity index (χ1v) is 3.38. The second kappa shape index (κ2) is 2.96. The van der Waals surface area contributed by atoms with E-state index in [-0.39, 0.29) is 5.75 Å². The maximum absolute atomic E-state index is 12.5. The van der Waals surface area contributed by atoms with Crippen molar-refractivity contribution in [2.75, 3.05) is 7.11 Å². The number of ether oxygens (including phenoxy) is 1. The Morgan fingerprint density at radius 1 is 1.70 bits per heavy atom. The lowest BCUT2D eigenvalue weighted by Crippen LogP contribution is -1.90. The summed E-state index contributed by atoms with van der Waals surface area (Å²) in [7, 11) is 1.40. The number of rotatable bonds is 1. The molecule has 10 heavy (non-hydrogen) atoms. The third-order valence-corrected chi connectivity index (χ3v) is 1.43. The summed E-state index contributed by atoms with van der Waals surface area (Å²) in [5, 5.41) is 0. The highest BCUT2D eigenvalue weighted by atomic mass is 79.9. The summed E-state index contributed by atoms with van der Waals surface area (Å²) < 4.78 is 17.9. The molecule has 0 atom stereocenters. The van der Waals surface area contributed by atoms with Crippen molar-refractivity contribution in [3.05, 3.63) is 22.7 Å². The summed E-state index contributed by atoms with van der Waals surface area (Å²) in [6.45, 7) is 0. The van der Waals surface area contributed by atoms with Gasteiger partial charge in [0.25, 0.3) is 5.95 Å². The van der Waals surface area contributed by atoms with Crippen LogP contribution in [0.4, 0.5) is 4.39 Å². The van der Waals surface area contributed by atoms with Gasteiger partial charge in [0.1, 0.15) is 0 Å². The summed E-state index contributed by atoms with van der Waals surface area (Å²) in [6.07, 6.45) is 1.37. The maximum atomic E-state index is 12.5. The topological polar surface area (TPSA) is 22.1 Å². The molecule has 0 aromatic carbocycles. The van der Waals surface area contributed by atoms with E-state index in [1.54, 1.807) is 0 Å². The molecule has 0 unspecified atom stereocenters. The van der Waals surface area contributed by atoms with Gasteiger partial charge in [-0.3, -0.25) is 0 Å². The van der Waals surface area contributed by atoms with Crippen LogP contribution in [0.2, 0.25) is 0 Å². The van der Waals surface area contributed by atoms with Crippen LogP contribution in [0, 0.1) is 5.95 Å². The van der Waals surface area contributed by atoms with Crippen molar-refractivity contribution < 1.29 is 9.13 Å². The fourth-order valence-corrected chi connectivity index (χ4v) is 0.857. The van der Waals surface area contributed by atoms with Gasteiger partial charge in [-0.15, -0.1) is 0 Å². The van der Waals surface area contributed by atoms with E-state index in [0.29, 0.717) is 4.47 Å². The summed E-state index contributed by atoms with van der Waals surface area (Å²) in [5.74, 6) is -0.444. The van der Waals surface area contributed by atoms with Gasteiger partial charge in [-0.25, -0.2) is 4.98 Å². The van der Waals surface area contributed by atoms with Crippen LogP contribution in [0.3, 0.4) is 0 Å². The van der Waals surface area contributed by atoms with Gasteiger partial charge >= 0.3 is 0 Å². The average molecular weight is 206 g/mol. The van der Waals surface area contributed by atoms with Gasteiger partial charge in [-0.2, -0.15) is 4.39 Å². The quantitative estimate of drug-likeness (QED) is 0.655. The van der Waals surface area contributed by atoms with Crippen LogP contribution in [0.25, 0.3) is 0 Å². The second-order valence-corrected chi connectivity index (χ2v) is 2.56. The van der Waals surface area contributed by atoms with Gasteiger partial charge in [0, 0.05) is 16.7 Å². The van der Waals surface area contributed by atoms with E-state index in [9.17, 15) is 4.39 Å². The Kier molecular flexibility index (Phi) is 2.21. The van der Waals surface area contributed by atoms with Crippen molar-refractivity contribution >= 4 is 15.9 Å². The number of hydrogen-bond acceptors (Lipinski definition) is 2. The molecule has 0 aliphatic heterocycles. The van der Waals surface area contributed by atoms with E-state index < -0.39 is 5.95 Å². The van der Waals surface area contributed by atoms with Crippen LogP contribution < -0.4 is 4.74 Å². The van der Waals surface area contributed by atoms with E-state index in [2.05, 4.69) is 25.7 Å². The molecule has 0 aliphatic carbocycles. The SMILES string of the molecule is COc1cc(Br)cnc1F. The first-order chi connectivity index (χ1) is 4.74. The van der Waals surface area contributed by atoms with Crippen molar-refractivity contribution in [2.24, 2.45) is 0 Å². The number of pyridine rings is 1. The highest BCUT2D eigenvalue weighted by molar-refractivity contribution is 9.10. The molecule has 0 saturated heterocycles. The Balaban J connectivity index is 3.09. The molecule has 0 bridgehead atoms. The van der Waals surface area contributed by atoms with Crippen LogP contribution in [0.1, 0.15) is 0 Å². The predicted molar refractivity (Wildman–Crippen MR) is 38.4 cm³/mol. The normalized spacial score (nSPS) is 9.50. The zero-order chi connectivity index (χ0) is 7.56. The minimum Gasteiger partial charge on any atom is -0.492 e. The molecular weight excluding hydrogens is 201 g/mol. The van der Waals surface area contributed by atoms with Crippen molar-refractivity contribution in [3.8, 4) is 5.75 Å². The molecule has 1 heterocycles. The standard InChI is InChI=1S/C6H5BrFNO/c1-10-5-2-4(7)3-9-6(5)8/h2-3H,1H3. The molecule has 0 fully saturated rings.